The second-order valence-electron chi connectivity index (χ2n) is 0. The molecule has 0 aliphatic carbocycles. The Morgan fingerprint density at radius 1 is 0.333 bits per heavy atom. The van der Waals surface area contributed by atoms with Gasteiger partial charge < -0.3 is 23.5 Å². The topological polar surface area (TPSA) is 0 Å². The van der Waals surface area contributed by atoms with Gasteiger partial charge in [-0.15, -0.1) is 0 Å². The minimum atomic E-state index is 0. The van der Waals surface area contributed by atoms with Crippen LogP contribution >= 0.6 is 0 Å². The Balaban J connectivity index is 0. The summed E-state index contributed by atoms with van der Waals surface area (Å²) < 4.78 is 0. The summed E-state index contributed by atoms with van der Waals surface area (Å²) >= 11 is 0. The Morgan fingerprint density at radius 3 is 0.333 bits per heavy atom. The third-order valence-corrected chi connectivity index (χ3v) is 0. The zero-order valence-electron chi connectivity index (χ0n) is 2.34. The standard InChI is InChI=1S/5FH.Nb/h5*1H;/q;;;;;+5/p-5. The Morgan fingerprint density at radius 2 is 0.333 bits per heavy atom. The molecular formula is F5Nb. The van der Waals surface area contributed by atoms with Gasteiger partial charge in [0.05, 0.1) is 0 Å². The van der Waals surface area contributed by atoms with E-state index < -0.39 is 0 Å². The van der Waals surface area contributed by atoms with Gasteiger partial charge in [-0.05, 0) is 0 Å². The molecule has 0 heterocycles. The zero-order valence-corrected chi connectivity index (χ0v) is 4.54. The molecule has 0 aromatic carbocycles. The fraction of sp³-hybridized carbons (Fsp3) is 0. The van der Waals surface area contributed by atoms with Crippen LogP contribution in [-0.4, -0.2) is 0 Å². The van der Waals surface area contributed by atoms with Gasteiger partial charge in [0.15, 0.2) is 0 Å². The summed E-state index contributed by atoms with van der Waals surface area (Å²) in [5, 5.41) is 0. The van der Waals surface area contributed by atoms with E-state index in [9.17, 15) is 0 Å². The maximum atomic E-state index is 0. The van der Waals surface area contributed by atoms with E-state index in [0.717, 1.165) is 0 Å². The molecule has 0 fully saturated rings. The molecule has 0 aliphatic rings. The average Bonchev–Trinajstić information content (AvgIpc) is 0. The second kappa shape index (κ2) is 682. The van der Waals surface area contributed by atoms with Gasteiger partial charge in [-0.1, -0.05) is 0 Å². The van der Waals surface area contributed by atoms with E-state index in [1.165, 1.54) is 0 Å². The van der Waals surface area contributed by atoms with Crippen LogP contribution in [-0.2, 0) is 22.4 Å². The molecule has 0 aromatic heterocycles. The summed E-state index contributed by atoms with van der Waals surface area (Å²) in [7, 11) is 0. The summed E-state index contributed by atoms with van der Waals surface area (Å²) in [4.78, 5) is 0. The molecule has 0 amide bonds. The largest absolute Gasteiger partial charge is 5.00 e. The maximum absolute atomic E-state index is 0. The summed E-state index contributed by atoms with van der Waals surface area (Å²) in [5.41, 5.74) is 0. The second-order valence-corrected chi connectivity index (χ2v) is 0. The van der Waals surface area contributed by atoms with E-state index in [1.54, 1.807) is 0 Å². The summed E-state index contributed by atoms with van der Waals surface area (Å²) in [6.45, 7) is 0. The van der Waals surface area contributed by atoms with Gasteiger partial charge in [0, 0.05) is 0 Å². The van der Waals surface area contributed by atoms with Crippen LogP contribution in [0.2, 0.25) is 0 Å². The average molecular weight is 188 g/mol. The molecule has 0 unspecified atom stereocenters. The van der Waals surface area contributed by atoms with Crippen LogP contribution < -0.4 is 23.5 Å². The molecule has 0 saturated heterocycles. The molecule has 0 N–H and O–H groups in total. The summed E-state index contributed by atoms with van der Waals surface area (Å²) in [6, 6.07) is 0. The smallest absolute Gasteiger partial charge is 1.00 e. The van der Waals surface area contributed by atoms with Crippen LogP contribution in [0.1, 0.15) is 0 Å². The molecular weight excluding hydrogens is 188 g/mol. The Hall–Kier alpha value is 0.390. The molecule has 6 heavy (non-hydrogen) atoms. The number of halogens is 5. The molecule has 40 valence electrons. The van der Waals surface area contributed by atoms with Gasteiger partial charge in [-0.25, -0.2) is 0 Å². The predicted octanol–water partition coefficient (Wildman–Crippen LogP) is -15.0. The third-order valence-electron chi connectivity index (χ3n) is 0. The van der Waals surface area contributed by atoms with Crippen LogP contribution in [0.15, 0.2) is 0 Å². The molecule has 0 atom stereocenters. The van der Waals surface area contributed by atoms with Gasteiger partial charge in [0.25, 0.3) is 0 Å². The van der Waals surface area contributed by atoms with Crippen molar-refractivity contribution in [3.63, 3.8) is 0 Å². The van der Waals surface area contributed by atoms with Crippen molar-refractivity contribution in [3.05, 3.63) is 0 Å². The minimum absolute atomic E-state index is 0. The number of hydrogen-bond donors (Lipinski definition) is 0. The van der Waals surface area contributed by atoms with Crippen molar-refractivity contribution in [2.45, 2.75) is 0 Å². The van der Waals surface area contributed by atoms with Gasteiger partial charge >= 0.3 is 22.4 Å². The Kier molecular flexibility index (Phi) is 139000. The van der Waals surface area contributed by atoms with E-state index in [4.69, 9.17) is 0 Å². The van der Waals surface area contributed by atoms with Crippen LogP contribution in [0.25, 0.3) is 0 Å². The van der Waals surface area contributed by atoms with Crippen LogP contribution in [0.3, 0.4) is 0 Å². The van der Waals surface area contributed by atoms with Crippen LogP contribution in [0.5, 0.6) is 0 Å². The molecule has 0 saturated carbocycles. The molecule has 0 nitrogen and oxygen atoms in total. The normalized spacial score (nSPS) is 0. The van der Waals surface area contributed by atoms with Crippen molar-refractivity contribution in [2.75, 3.05) is 0 Å². The molecule has 0 rings (SSSR count). The quantitative estimate of drug-likeness (QED) is 0.261. The van der Waals surface area contributed by atoms with Gasteiger partial charge in [0.2, 0.25) is 0 Å². The third kappa shape index (κ3) is 331. The molecule has 0 aliphatic heterocycles. The van der Waals surface area contributed by atoms with E-state index in [-0.39, 0.29) is 45.9 Å². The van der Waals surface area contributed by atoms with Gasteiger partial charge in [-0.2, -0.15) is 0 Å². The number of rotatable bonds is 0. The number of hydrogen-bond acceptors (Lipinski definition) is 0. The Labute approximate surface area is 46.6 Å². The van der Waals surface area contributed by atoms with Crippen molar-refractivity contribution < 1.29 is 45.9 Å². The predicted molar refractivity (Wildman–Crippen MR) is 0 cm³/mol. The first kappa shape index (κ1) is 1220. The summed E-state index contributed by atoms with van der Waals surface area (Å²) in [5.74, 6) is 0. The van der Waals surface area contributed by atoms with Gasteiger partial charge in [0.1, 0.15) is 0 Å². The van der Waals surface area contributed by atoms with Crippen molar-refractivity contribution in [3.8, 4) is 0 Å². The summed E-state index contributed by atoms with van der Waals surface area (Å²) in [6.07, 6.45) is 0. The maximum Gasteiger partial charge on any atom is 5.00 e. The molecule has 0 radical (unpaired) electrons. The first-order chi connectivity index (χ1) is 0. The monoisotopic (exact) mass is 188 g/mol. The Bertz CT molecular complexity index is 3.90. The van der Waals surface area contributed by atoms with E-state index in [2.05, 4.69) is 0 Å². The molecule has 0 bridgehead atoms. The molecule has 6 heteroatoms. The molecule has 0 spiro atoms. The minimum Gasteiger partial charge on any atom is -1.00 e. The van der Waals surface area contributed by atoms with Crippen molar-refractivity contribution in [1.82, 2.24) is 0 Å². The van der Waals surface area contributed by atoms with Crippen molar-refractivity contribution >= 4 is 0 Å². The van der Waals surface area contributed by atoms with Gasteiger partial charge in [-0.3, -0.25) is 0 Å². The molecule has 0 aromatic rings. The van der Waals surface area contributed by atoms with Crippen LogP contribution in [0.4, 0.5) is 0 Å². The zero-order chi connectivity index (χ0) is 0. The first-order valence-electron chi connectivity index (χ1n) is 0. The van der Waals surface area contributed by atoms with Crippen molar-refractivity contribution in [2.24, 2.45) is 0 Å². The fourth-order valence-corrected chi connectivity index (χ4v) is 0. The van der Waals surface area contributed by atoms with Crippen molar-refractivity contribution in [1.29, 1.82) is 0 Å². The van der Waals surface area contributed by atoms with Crippen LogP contribution in [0, 0.1) is 0 Å². The van der Waals surface area contributed by atoms with E-state index in [1.807, 2.05) is 0 Å². The van der Waals surface area contributed by atoms with E-state index >= 15 is 0 Å². The fourth-order valence-electron chi connectivity index (χ4n) is 0. The van der Waals surface area contributed by atoms with E-state index in [0.29, 0.717) is 0 Å². The first-order valence-corrected chi connectivity index (χ1v) is 0. The SMILES string of the molecule is [F-].[F-].[F-].[F-].[F-].[Nb+5].